The Bertz CT molecular complexity index is 1330. The third-order valence-corrected chi connectivity index (χ3v) is 9.39. The van der Waals surface area contributed by atoms with E-state index in [2.05, 4.69) is 28.1 Å². The summed E-state index contributed by atoms with van der Waals surface area (Å²) in [5.74, 6) is 1.22. The number of likely N-dealkylation sites (N-methyl/N-ethyl adjacent to an activating group) is 1. The summed E-state index contributed by atoms with van der Waals surface area (Å²) in [6.07, 6.45) is 4.59. The molecule has 3 heterocycles. The van der Waals surface area contributed by atoms with Crippen LogP contribution in [0.3, 0.4) is 0 Å². The summed E-state index contributed by atoms with van der Waals surface area (Å²) in [6.45, 7) is 3.00. The highest BCUT2D eigenvalue weighted by atomic mass is 16.7. The average molecular weight is 576 g/mol. The van der Waals surface area contributed by atoms with Crippen molar-refractivity contribution in [2.75, 3.05) is 47.1 Å². The minimum atomic E-state index is -0.727. The van der Waals surface area contributed by atoms with E-state index < -0.39 is 6.04 Å². The molecule has 3 atom stereocenters. The number of rotatable bonds is 6. The van der Waals surface area contributed by atoms with E-state index in [4.69, 9.17) is 9.47 Å². The van der Waals surface area contributed by atoms with E-state index in [1.54, 1.807) is 4.90 Å². The minimum Gasteiger partial charge on any atom is -0.454 e. The first-order valence-electron chi connectivity index (χ1n) is 15.1. The number of nitrogens with zero attached hydrogens (tertiary/aromatic N) is 2. The molecule has 1 aliphatic carbocycles. The predicted molar refractivity (Wildman–Crippen MR) is 158 cm³/mol. The lowest BCUT2D eigenvalue weighted by molar-refractivity contribution is -0.135. The summed E-state index contributed by atoms with van der Waals surface area (Å²) in [5.41, 5.74) is 3.12. The predicted octanol–water partition coefficient (Wildman–Crippen LogP) is 2.51. The first kappa shape index (κ1) is 28.3. The van der Waals surface area contributed by atoms with Gasteiger partial charge < -0.3 is 35.2 Å². The molecule has 224 valence electrons. The Morgan fingerprint density at radius 1 is 1.10 bits per heavy atom. The molecule has 3 aliphatic heterocycles. The number of carbonyl (C=O) groups excluding carboxylic acids is 3. The lowest BCUT2D eigenvalue weighted by atomic mass is 9.73. The van der Waals surface area contributed by atoms with Crippen LogP contribution in [0.15, 0.2) is 42.5 Å². The zero-order chi connectivity index (χ0) is 29.3. The van der Waals surface area contributed by atoms with Crippen LogP contribution in [-0.2, 0) is 21.4 Å². The van der Waals surface area contributed by atoms with Crippen LogP contribution in [0.5, 0.6) is 11.5 Å². The normalized spacial score (nSPS) is 22.8. The molecule has 4 amide bonds. The lowest BCUT2D eigenvalue weighted by Gasteiger charge is -2.41. The fraction of sp³-hybridized carbons (Fsp3) is 0.531. The van der Waals surface area contributed by atoms with Crippen molar-refractivity contribution >= 4 is 17.8 Å². The van der Waals surface area contributed by atoms with E-state index in [0.29, 0.717) is 31.0 Å². The molecule has 2 fully saturated rings. The Morgan fingerprint density at radius 2 is 1.88 bits per heavy atom. The highest BCUT2D eigenvalue weighted by Gasteiger charge is 2.48. The Hall–Kier alpha value is -3.79. The van der Waals surface area contributed by atoms with E-state index in [0.717, 1.165) is 56.3 Å². The number of nitrogens with one attached hydrogen (secondary N) is 3. The van der Waals surface area contributed by atoms with Crippen LogP contribution in [0, 0.1) is 0 Å². The number of benzene rings is 2. The van der Waals surface area contributed by atoms with E-state index in [9.17, 15) is 14.4 Å². The zero-order valence-corrected chi connectivity index (χ0v) is 24.5. The molecule has 2 unspecified atom stereocenters. The first-order chi connectivity index (χ1) is 20.3. The summed E-state index contributed by atoms with van der Waals surface area (Å²) < 4.78 is 11.0. The molecule has 0 bridgehead atoms. The van der Waals surface area contributed by atoms with Gasteiger partial charge in [-0.1, -0.05) is 30.3 Å². The Balaban J connectivity index is 1.17. The summed E-state index contributed by atoms with van der Waals surface area (Å²) in [4.78, 5) is 43.8. The summed E-state index contributed by atoms with van der Waals surface area (Å²) in [6, 6.07) is 12.9. The van der Waals surface area contributed by atoms with Gasteiger partial charge in [0.15, 0.2) is 11.5 Å². The molecule has 6 rings (SSSR count). The molecular formula is C32H41N5O5. The van der Waals surface area contributed by atoms with Gasteiger partial charge in [-0.05, 0) is 67.5 Å². The quantitative estimate of drug-likeness (QED) is 0.488. The summed E-state index contributed by atoms with van der Waals surface area (Å²) >= 11 is 0. The van der Waals surface area contributed by atoms with Crippen molar-refractivity contribution in [1.82, 2.24) is 25.8 Å². The van der Waals surface area contributed by atoms with Gasteiger partial charge >= 0.3 is 6.03 Å². The zero-order valence-electron chi connectivity index (χ0n) is 24.5. The van der Waals surface area contributed by atoms with Gasteiger partial charge in [-0.15, -0.1) is 0 Å². The standard InChI is InChI=1S/C32H41N5O5/c1-36(2)29(38)24-18-32(25-8-4-3-7-23(24)25)11-14-37(15-12-32)30(39)26(35-31(40)34-22-6-5-13-33-19-22)16-21-9-10-27-28(17-21)42-20-41-27/h3-4,7-10,17,22,24,26,33H,5-6,11-16,18-20H2,1-2H3,(H2,34,35,40)/t22?,24-,26?/m1/s1. The average Bonchev–Trinajstić information content (AvgIpc) is 3.60. The summed E-state index contributed by atoms with van der Waals surface area (Å²) in [5, 5.41) is 9.35. The highest BCUT2D eigenvalue weighted by molar-refractivity contribution is 5.88. The molecule has 10 heteroatoms. The molecule has 42 heavy (non-hydrogen) atoms. The number of hydrogen-bond donors (Lipinski definition) is 3. The number of urea groups is 1. The van der Waals surface area contributed by atoms with Gasteiger partial charge in [0.2, 0.25) is 18.6 Å². The highest BCUT2D eigenvalue weighted by Crippen LogP contribution is 2.52. The van der Waals surface area contributed by atoms with E-state index >= 15 is 0 Å². The smallest absolute Gasteiger partial charge is 0.315 e. The second kappa shape index (κ2) is 11.8. The van der Waals surface area contributed by atoms with Gasteiger partial charge in [0.25, 0.3) is 0 Å². The second-order valence-electron chi connectivity index (χ2n) is 12.3. The van der Waals surface area contributed by atoms with Gasteiger partial charge in [-0.25, -0.2) is 4.79 Å². The van der Waals surface area contributed by atoms with Gasteiger partial charge in [-0.2, -0.15) is 0 Å². The molecule has 0 aromatic heterocycles. The van der Waals surface area contributed by atoms with Crippen LogP contribution in [0.25, 0.3) is 0 Å². The molecule has 4 aliphatic rings. The van der Waals surface area contributed by atoms with Crippen molar-refractivity contribution in [2.24, 2.45) is 0 Å². The fourth-order valence-corrected chi connectivity index (χ4v) is 7.14. The van der Waals surface area contributed by atoms with Crippen LogP contribution in [0.1, 0.15) is 54.7 Å². The molecule has 3 N–H and O–H groups in total. The van der Waals surface area contributed by atoms with E-state index in [1.807, 2.05) is 49.3 Å². The third-order valence-electron chi connectivity index (χ3n) is 9.39. The van der Waals surface area contributed by atoms with Crippen molar-refractivity contribution < 1.29 is 23.9 Å². The number of piperidine rings is 2. The van der Waals surface area contributed by atoms with Crippen LogP contribution >= 0.6 is 0 Å². The Labute approximate surface area is 247 Å². The second-order valence-corrected chi connectivity index (χ2v) is 12.3. The SMILES string of the molecule is CN(C)C(=O)[C@@H]1CC2(CCN(C(=O)C(Cc3ccc4c(c3)OCO4)NC(=O)NC3CCCNC3)CC2)c2ccccc21. The van der Waals surface area contributed by atoms with Gasteiger partial charge in [0, 0.05) is 51.6 Å². The van der Waals surface area contributed by atoms with Gasteiger partial charge in [-0.3, -0.25) is 9.59 Å². The molecule has 2 aromatic carbocycles. The number of carbonyl (C=O) groups is 3. The molecule has 0 radical (unpaired) electrons. The van der Waals surface area contributed by atoms with Crippen LogP contribution < -0.4 is 25.4 Å². The molecule has 2 aromatic rings. The van der Waals surface area contributed by atoms with Crippen LogP contribution in [0.4, 0.5) is 4.79 Å². The summed E-state index contributed by atoms with van der Waals surface area (Å²) in [7, 11) is 3.62. The Kier molecular flexibility index (Phi) is 7.98. The lowest BCUT2D eigenvalue weighted by Crippen LogP contribution is -2.57. The molecule has 10 nitrogen and oxygen atoms in total. The third kappa shape index (κ3) is 5.64. The van der Waals surface area contributed by atoms with Gasteiger partial charge in [0.1, 0.15) is 6.04 Å². The number of hydrogen-bond acceptors (Lipinski definition) is 6. The van der Waals surface area contributed by atoms with Crippen LogP contribution in [-0.4, -0.2) is 86.8 Å². The largest absolute Gasteiger partial charge is 0.454 e. The maximum absolute atomic E-state index is 14.0. The number of ether oxygens (including phenoxy) is 2. The molecule has 1 spiro atoms. The van der Waals surface area contributed by atoms with E-state index in [-0.39, 0.29) is 42.0 Å². The van der Waals surface area contributed by atoms with Crippen molar-refractivity contribution in [3.8, 4) is 11.5 Å². The Morgan fingerprint density at radius 3 is 2.64 bits per heavy atom. The monoisotopic (exact) mass is 575 g/mol. The van der Waals surface area contributed by atoms with Crippen molar-refractivity contribution in [1.29, 1.82) is 0 Å². The fourth-order valence-electron chi connectivity index (χ4n) is 7.14. The number of likely N-dealkylation sites (tertiary alicyclic amines) is 1. The minimum absolute atomic E-state index is 0.0372. The first-order valence-corrected chi connectivity index (χ1v) is 15.1. The van der Waals surface area contributed by atoms with Crippen molar-refractivity contribution in [3.05, 3.63) is 59.2 Å². The maximum atomic E-state index is 14.0. The molecule has 0 saturated carbocycles. The topological polar surface area (TPSA) is 112 Å². The van der Waals surface area contributed by atoms with Crippen LogP contribution in [0.2, 0.25) is 0 Å². The van der Waals surface area contributed by atoms with Gasteiger partial charge in [0.05, 0.1) is 5.92 Å². The number of amides is 4. The molecular weight excluding hydrogens is 534 g/mol. The maximum Gasteiger partial charge on any atom is 0.315 e. The van der Waals surface area contributed by atoms with Crippen molar-refractivity contribution in [2.45, 2.75) is 61.9 Å². The van der Waals surface area contributed by atoms with E-state index in [1.165, 1.54) is 5.56 Å². The number of fused-ring (bicyclic) bond motifs is 3. The molecule has 2 saturated heterocycles. The van der Waals surface area contributed by atoms with Crippen molar-refractivity contribution in [3.63, 3.8) is 0 Å².